The molecule has 1 atom stereocenters. The van der Waals surface area contributed by atoms with Gasteiger partial charge in [-0.05, 0) is 24.5 Å². The second-order valence-electron chi connectivity index (χ2n) is 4.83. The maximum absolute atomic E-state index is 10.9. The van der Waals surface area contributed by atoms with E-state index in [0.29, 0.717) is 13.0 Å². The molecular formula is C15H19N3O2. The van der Waals surface area contributed by atoms with Gasteiger partial charge in [-0.1, -0.05) is 25.1 Å². The van der Waals surface area contributed by atoms with Crippen molar-refractivity contribution in [1.29, 1.82) is 0 Å². The number of benzene rings is 1. The zero-order valence-electron chi connectivity index (χ0n) is 11.5. The molecule has 1 heterocycles. The van der Waals surface area contributed by atoms with Crippen molar-refractivity contribution in [3.05, 3.63) is 64.0 Å². The molecule has 0 spiro atoms. The lowest BCUT2D eigenvalue weighted by Gasteiger charge is -2.06. The summed E-state index contributed by atoms with van der Waals surface area (Å²) in [6.07, 6.45) is 5.52. The summed E-state index contributed by atoms with van der Waals surface area (Å²) in [6.45, 7) is 2.76. The van der Waals surface area contributed by atoms with Crippen molar-refractivity contribution in [2.45, 2.75) is 32.4 Å². The second-order valence-corrected chi connectivity index (χ2v) is 4.83. The molecule has 2 aromatic rings. The lowest BCUT2D eigenvalue weighted by atomic mass is 10.1. The Labute approximate surface area is 118 Å². The predicted molar refractivity (Wildman–Crippen MR) is 78.5 cm³/mol. The van der Waals surface area contributed by atoms with Gasteiger partial charge in [-0.15, -0.1) is 0 Å². The summed E-state index contributed by atoms with van der Waals surface area (Å²) in [6, 6.07) is 8.94. The van der Waals surface area contributed by atoms with E-state index in [9.17, 15) is 10.1 Å². The highest BCUT2D eigenvalue weighted by Crippen LogP contribution is 2.19. The molecule has 0 fully saturated rings. The van der Waals surface area contributed by atoms with Crippen LogP contribution in [0.2, 0.25) is 0 Å². The van der Waals surface area contributed by atoms with Crippen LogP contribution in [-0.2, 0) is 13.0 Å². The standard InChI is InChI=1S/C15H19N3O2/c1-2-14(16)13-8-10-17(11-13)9-7-12-5-3-4-6-15(12)18(19)20/h3-6,8,10-11,14H,2,7,9,16H2,1H3. The number of aryl methyl sites for hydroxylation is 2. The van der Waals surface area contributed by atoms with E-state index < -0.39 is 0 Å². The predicted octanol–water partition coefficient (Wildman–Crippen LogP) is 3.05. The molecule has 0 amide bonds. The first-order chi connectivity index (χ1) is 9.61. The van der Waals surface area contributed by atoms with Gasteiger partial charge in [0.05, 0.1) is 4.92 Å². The Morgan fingerprint density at radius 3 is 2.80 bits per heavy atom. The molecule has 0 saturated carbocycles. The molecule has 1 unspecified atom stereocenters. The van der Waals surface area contributed by atoms with Gasteiger partial charge in [-0.2, -0.15) is 0 Å². The minimum absolute atomic E-state index is 0.0577. The monoisotopic (exact) mass is 273 g/mol. The topological polar surface area (TPSA) is 74.1 Å². The molecule has 106 valence electrons. The molecule has 0 radical (unpaired) electrons. The number of nitrogens with zero attached hydrogens (tertiary/aromatic N) is 2. The number of nitrogens with two attached hydrogens (primary N) is 1. The molecule has 0 aliphatic heterocycles. The lowest BCUT2D eigenvalue weighted by Crippen LogP contribution is -2.07. The maximum atomic E-state index is 10.9. The Bertz CT molecular complexity index is 592. The normalized spacial score (nSPS) is 12.3. The summed E-state index contributed by atoms with van der Waals surface area (Å²) in [4.78, 5) is 10.6. The molecule has 0 aliphatic carbocycles. The van der Waals surface area contributed by atoms with E-state index in [4.69, 9.17) is 5.73 Å². The van der Waals surface area contributed by atoms with Gasteiger partial charge < -0.3 is 10.3 Å². The fraction of sp³-hybridized carbons (Fsp3) is 0.333. The van der Waals surface area contributed by atoms with Gasteiger partial charge in [0, 0.05) is 36.6 Å². The average molecular weight is 273 g/mol. The highest BCUT2D eigenvalue weighted by Gasteiger charge is 2.12. The maximum Gasteiger partial charge on any atom is 0.272 e. The van der Waals surface area contributed by atoms with E-state index in [1.165, 1.54) is 0 Å². The Kier molecular flexibility index (Phi) is 4.53. The first kappa shape index (κ1) is 14.3. The molecule has 0 aliphatic rings. The molecule has 1 aromatic heterocycles. The van der Waals surface area contributed by atoms with Crippen LogP contribution in [0.25, 0.3) is 0 Å². The number of aromatic nitrogens is 1. The fourth-order valence-corrected chi connectivity index (χ4v) is 2.20. The zero-order valence-corrected chi connectivity index (χ0v) is 11.5. The van der Waals surface area contributed by atoms with Gasteiger partial charge >= 0.3 is 0 Å². The molecule has 20 heavy (non-hydrogen) atoms. The number of hydrogen-bond donors (Lipinski definition) is 1. The molecule has 2 rings (SSSR count). The summed E-state index contributed by atoms with van der Waals surface area (Å²) in [7, 11) is 0. The minimum Gasteiger partial charge on any atom is -0.354 e. The van der Waals surface area contributed by atoms with Crippen LogP contribution in [0.15, 0.2) is 42.7 Å². The van der Waals surface area contributed by atoms with Crippen molar-refractivity contribution in [2.24, 2.45) is 5.73 Å². The van der Waals surface area contributed by atoms with E-state index in [2.05, 4.69) is 6.92 Å². The van der Waals surface area contributed by atoms with Crippen LogP contribution in [0.4, 0.5) is 5.69 Å². The zero-order chi connectivity index (χ0) is 14.5. The minimum atomic E-state index is -0.330. The van der Waals surface area contributed by atoms with Gasteiger partial charge in [0.15, 0.2) is 0 Å². The molecule has 5 nitrogen and oxygen atoms in total. The van der Waals surface area contributed by atoms with Crippen molar-refractivity contribution in [2.75, 3.05) is 0 Å². The van der Waals surface area contributed by atoms with Crippen LogP contribution in [0.3, 0.4) is 0 Å². The molecule has 0 bridgehead atoms. The molecular weight excluding hydrogens is 254 g/mol. The van der Waals surface area contributed by atoms with E-state index in [1.54, 1.807) is 18.2 Å². The average Bonchev–Trinajstić information content (AvgIpc) is 2.93. The Morgan fingerprint density at radius 2 is 2.10 bits per heavy atom. The van der Waals surface area contributed by atoms with Crippen LogP contribution in [0.1, 0.15) is 30.5 Å². The molecule has 1 aromatic carbocycles. The van der Waals surface area contributed by atoms with Crippen LogP contribution in [-0.4, -0.2) is 9.49 Å². The third-order valence-electron chi connectivity index (χ3n) is 3.47. The molecule has 5 heteroatoms. The number of para-hydroxylation sites is 1. The van der Waals surface area contributed by atoms with Crippen LogP contribution >= 0.6 is 0 Å². The lowest BCUT2D eigenvalue weighted by molar-refractivity contribution is -0.385. The highest BCUT2D eigenvalue weighted by molar-refractivity contribution is 5.39. The molecule has 2 N–H and O–H groups in total. The largest absolute Gasteiger partial charge is 0.354 e. The van der Waals surface area contributed by atoms with Gasteiger partial charge in [-0.3, -0.25) is 10.1 Å². The van der Waals surface area contributed by atoms with E-state index in [-0.39, 0.29) is 16.7 Å². The van der Waals surface area contributed by atoms with Crippen molar-refractivity contribution >= 4 is 5.69 Å². The summed E-state index contributed by atoms with van der Waals surface area (Å²) >= 11 is 0. The first-order valence-corrected chi connectivity index (χ1v) is 6.75. The van der Waals surface area contributed by atoms with E-state index in [0.717, 1.165) is 17.5 Å². The fourth-order valence-electron chi connectivity index (χ4n) is 2.20. The number of nitro benzene ring substituents is 1. The SMILES string of the molecule is CCC(N)c1ccn(CCc2ccccc2[N+](=O)[O-])c1. The number of rotatable bonds is 6. The smallest absolute Gasteiger partial charge is 0.272 e. The Balaban J connectivity index is 2.06. The summed E-state index contributed by atoms with van der Waals surface area (Å²) in [5.74, 6) is 0. The van der Waals surface area contributed by atoms with Crippen molar-refractivity contribution in [1.82, 2.24) is 4.57 Å². The van der Waals surface area contributed by atoms with Gasteiger partial charge in [0.1, 0.15) is 0 Å². The van der Waals surface area contributed by atoms with Gasteiger partial charge in [-0.25, -0.2) is 0 Å². The highest BCUT2D eigenvalue weighted by atomic mass is 16.6. The first-order valence-electron chi connectivity index (χ1n) is 6.75. The third-order valence-corrected chi connectivity index (χ3v) is 3.47. The molecule has 0 saturated heterocycles. The summed E-state index contributed by atoms with van der Waals surface area (Å²) in [5, 5.41) is 10.9. The van der Waals surface area contributed by atoms with Crippen LogP contribution in [0, 0.1) is 10.1 Å². The Hall–Kier alpha value is -2.14. The summed E-state index contributed by atoms with van der Waals surface area (Å²) in [5.41, 5.74) is 8.02. The van der Waals surface area contributed by atoms with Crippen molar-refractivity contribution < 1.29 is 4.92 Å². The van der Waals surface area contributed by atoms with E-state index in [1.807, 2.05) is 29.1 Å². The van der Waals surface area contributed by atoms with Crippen molar-refractivity contribution in [3.63, 3.8) is 0 Å². The Morgan fingerprint density at radius 1 is 1.35 bits per heavy atom. The summed E-state index contributed by atoms with van der Waals surface area (Å²) < 4.78 is 2.03. The van der Waals surface area contributed by atoms with E-state index >= 15 is 0 Å². The third kappa shape index (κ3) is 3.24. The quantitative estimate of drug-likeness (QED) is 0.649. The van der Waals surface area contributed by atoms with Gasteiger partial charge in [0.2, 0.25) is 0 Å². The van der Waals surface area contributed by atoms with Crippen molar-refractivity contribution in [3.8, 4) is 0 Å². The van der Waals surface area contributed by atoms with Gasteiger partial charge in [0.25, 0.3) is 5.69 Å². The van der Waals surface area contributed by atoms with Crippen LogP contribution < -0.4 is 5.73 Å². The van der Waals surface area contributed by atoms with Crippen LogP contribution in [0.5, 0.6) is 0 Å². The number of nitro groups is 1. The number of hydrogen-bond acceptors (Lipinski definition) is 3. The second kappa shape index (κ2) is 6.34.